The van der Waals surface area contributed by atoms with E-state index in [2.05, 4.69) is 50.3 Å². The molecule has 9 heteroatoms. The molecular formula is C26H27IN6O2. The van der Waals surface area contributed by atoms with E-state index < -0.39 is 0 Å². The van der Waals surface area contributed by atoms with Crippen molar-refractivity contribution in [1.29, 1.82) is 0 Å². The second kappa shape index (κ2) is 9.54. The van der Waals surface area contributed by atoms with Crippen LogP contribution >= 0.6 is 22.6 Å². The first-order valence-corrected chi connectivity index (χ1v) is 12.7. The SMILES string of the molecule is C=CC(=O)N1CC(c2nc3ccc(-c4cccc5n[nH]c(I)c45)cc3c(=O)n2CCCN(C)C)C1. The van der Waals surface area contributed by atoms with Gasteiger partial charge in [-0.15, -0.1) is 0 Å². The maximum atomic E-state index is 13.8. The Balaban J connectivity index is 1.59. The van der Waals surface area contributed by atoms with Crippen molar-refractivity contribution in [3.8, 4) is 11.1 Å². The highest BCUT2D eigenvalue weighted by molar-refractivity contribution is 14.1. The van der Waals surface area contributed by atoms with Crippen LogP contribution in [0, 0.1) is 3.70 Å². The van der Waals surface area contributed by atoms with Gasteiger partial charge in [0, 0.05) is 25.0 Å². The second-order valence-electron chi connectivity index (χ2n) is 9.20. The summed E-state index contributed by atoms with van der Waals surface area (Å²) in [5, 5.41) is 9.06. The third-order valence-corrected chi connectivity index (χ3v) is 7.33. The van der Waals surface area contributed by atoms with Gasteiger partial charge in [-0.25, -0.2) is 4.98 Å². The summed E-state index contributed by atoms with van der Waals surface area (Å²) in [6, 6.07) is 11.9. The number of halogens is 1. The van der Waals surface area contributed by atoms with Crippen LogP contribution in [0.3, 0.4) is 0 Å². The molecule has 1 amide bonds. The fraction of sp³-hybridized carbons (Fsp3) is 0.308. The molecule has 1 fully saturated rings. The Morgan fingerprint density at radius 2 is 2.06 bits per heavy atom. The van der Waals surface area contributed by atoms with Gasteiger partial charge < -0.3 is 9.80 Å². The van der Waals surface area contributed by atoms with Crippen molar-refractivity contribution in [2.45, 2.75) is 18.9 Å². The van der Waals surface area contributed by atoms with Crippen LogP contribution in [0.5, 0.6) is 0 Å². The van der Waals surface area contributed by atoms with E-state index in [1.807, 2.05) is 49.0 Å². The highest BCUT2D eigenvalue weighted by atomic mass is 127. The zero-order valence-corrected chi connectivity index (χ0v) is 21.9. The Labute approximate surface area is 216 Å². The molecule has 35 heavy (non-hydrogen) atoms. The molecular weight excluding hydrogens is 555 g/mol. The van der Waals surface area contributed by atoms with Gasteiger partial charge in [-0.05, 0) is 85.1 Å². The lowest BCUT2D eigenvalue weighted by Gasteiger charge is -2.39. The molecule has 1 aliphatic rings. The number of carbonyl (C=O) groups is 1. The summed E-state index contributed by atoms with van der Waals surface area (Å²) in [5.74, 6) is 0.709. The van der Waals surface area contributed by atoms with E-state index in [4.69, 9.17) is 4.98 Å². The van der Waals surface area contributed by atoms with E-state index in [-0.39, 0.29) is 17.4 Å². The molecule has 0 spiro atoms. The topological polar surface area (TPSA) is 87.1 Å². The van der Waals surface area contributed by atoms with Crippen molar-refractivity contribution >= 4 is 50.3 Å². The lowest BCUT2D eigenvalue weighted by molar-refractivity contribution is -0.130. The Kier molecular flexibility index (Phi) is 6.45. The highest BCUT2D eigenvalue weighted by Gasteiger charge is 2.34. The third-order valence-electron chi connectivity index (χ3n) is 6.55. The van der Waals surface area contributed by atoms with Crippen molar-refractivity contribution in [2.24, 2.45) is 0 Å². The highest BCUT2D eigenvalue weighted by Crippen LogP contribution is 2.32. The Morgan fingerprint density at radius 1 is 1.26 bits per heavy atom. The van der Waals surface area contributed by atoms with Crippen molar-refractivity contribution in [2.75, 3.05) is 33.7 Å². The molecule has 5 rings (SSSR count). The van der Waals surface area contributed by atoms with Crippen molar-refractivity contribution < 1.29 is 4.79 Å². The lowest BCUT2D eigenvalue weighted by atomic mass is 9.97. The van der Waals surface area contributed by atoms with Gasteiger partial charge in [0.2, 0.25) is 5.91 Å². The number of nitrogens with one attached hydrogen (secondary N) is 1. The summed E-state index contributed by atoms with van der Waals surface area (Å²) in [6.07, 6.45) is 2.17. The van der Waals surface area contributed by atoms with Crippen molar-refractivity contribution in [3.63, 3.8) is 0 Å². The number of likely N-dealkylation sites (tertiary alicyclic amines) is 1. The van der Waals surface area contributed by atoms with E-state index in [1.54, 1.807) is 4.90 Å². The van der Waals surface area contributed by atoms with Crippen LogP contribution in [0.15, 0.2) is 53.8 Å². The smallest absolute Gasteiger partial charge is 0.261 e. The summed E-state index contributed by atoms with van der Waals surface area (Å²) in [6.45, 7) is 6.13. The van der Waals surface area contributed by atoms with Crippen LogP contribution in [-0.4, -0.2) is 69.2 Å². The number of benzene rings is 2. The average molecular weight is 582 g/mol. The Bertz CT molecular complexity index is 1500. The predicted molar refractivity (Wildman–Crippen MR) is 146 cm³/mol. The molecule has 0 atom stereocenters. The van der Waals surface area contributed by atoms with E-state index >= 15 is 0 Å². The first-order chi connectivity index (χ1) is 16.9. The summed E-state index contributed by atoms with van der Waals surface area (Å²) in [7, 11) is 4.05. The number of aromatic nitrogens is 4. The predicted octanol–water partition coefficient (Wildman–Crippen LogP) is 3.61. The number of rotatable bonds is 7. The minimum atomic E-state index is -0.0868. The summed E-state index contributed by atoms with van der Waals surface area (Å²) in [5.41, 5.74) is 3.53. The summed E-state index contributed by atoms with van der Waals surface area (Å²) in [4.78, 5) is 34.5. The number of carbonyl (C=O) groups excluding carboxylic acids is 1. The minimum absolute atomic E-state index is 0.0341. The van der Waals surface area contributed by atoms with Crippen LogP contribution in [0.25, 0.3) is 32.9 Å². The first kappa shape index (κ1) is 23.7. The molecule has 3 heterocycles. The quantitative estimate of drug-likeness (QED) is 0.266. The minimum Gasteiger partial charge on any atom is -0.338 e. The summed E-state index contributed by atoms with van der Waals surface area (Å²) >= 11 is 2.25. The normalized spacial score (nSPS) is 14.1. The third kappa shape index (κ3) is 4.38. The Hall–Kier alpha value is -3.05. The maximum absolute atomic E-state index is 13.8. The number of H-pyrrole nitrogens is 1. The molecule has 8 nitrogen and oxygen atoms in total. The molecule has 0 radical (unpaired) electrons. The van der Waals surface area contributed by atoms with Gasteiger partial charge in [0.15, 0.2) is 0 Å². The lowest BCUT2D eigenvalue weighted by Crippen LogP contribution is -2.49. The number of aromatic amines is 1. The maximum Gasteiger partial charge on any atom is 0.261 e. The van der Waals surface area contributed by atoms with E-state index in [1.165, 1.54) is 6.08 Å². The van der Waals surface area contributed by atoms with Crippen LogP contribution < -0.4 is 5.56 Å². The monoisotopic (exact) mass is 582 g/mol. The van der Waals surface area contributed by atoms with E-state index in [0.29, 0.717) is 30.5 Å². The second-order valence-corrected chi connectivity index (χ2v) is 10.3. The zero-order valence-electron chi connectivity index (χ0n) is 19.8. The van der Waals surface area contributed by atoms with Gasteiger partial charge in [-0.1, -0.05) is 24.8 Å². The Morgan fingerprint density at radius 3 is 2.80 bits per heavy atom. The van der Waals surface area contributed by atoms with Gasteiger partial charge in [-0.3, -0.25) is 19.3 Å². The fourth-order valence-corrected chi connectivity index (χ4v) is 5.39. The zero-order chi connectivity index (χ0) is 24.7. The van der Waals surface area contributed by atoms with Crippen molar-refractivity contribution in [1.82, 2.24) is 29.5 Å². The largest absolute Gasteiger partial charge is 0.338 e. The molecule has 0 unspecified atom stereocenters. The molecule has 2 aromatic heterocycles. The molecule has 4 aromatic rings. The van der Waals surface area contributed by atoms with Gasteiger partial charge in [0.25, 0.3) is 5.56 Å². The molecule has 1 N–H and O–H groups in total. The van der Waals surface area contributed by atoms with Crippen LogP contribution in [-0.2, 0) is 11.3 Å². The number of nitrogens with zero attached hydrogens (tertiary/aromatic N) is 5. The van der Waals surface area contributed by atoms with E-state index in [0.717, 1.165) is 44.5 Å². The average Bonchev–Trinajstić information content (AvgIpc) is 3.20. The number of hydrogen-bond donors (Lipinski definition) is 1. The fourth-order valence-electron chi connectivity index (χ4n) is 4.70. The molecule has 1 aliphatic heterocycles. The van der Waals surface area contributed by atoms with Gasteiger partial charge >= 0.3 is 0 Å². The van der Waals surface area contributed by atoms with Crippen molar-refractivity contribution in [3.05, 3.63) is 68.9 Å². The van der Waals surface area contributed by atoms with Gasteiger partial charge in [0.05, 0.1) is 22.3 Å². The standard InChI is InChI=1S/C26H27IN6O2/c1-4-22(34)32-14-17(15-32)25-28-20-10-9-16(18-7-5-8-21-23(18)24(27)30-29-21)13-19(20)26(35)33(25)12-6-11-31(2)3/h4-5,7-10,13,17H,1,6,11-12,14-15H2,2-3H3,(H,29,30). The number of fused-ring (bicyclic) bond motifs is 2. The molecule has 2 aromatic carbocycles. The molecule has 0 saturated carbocycles. The molecule has 0 aliphatic carbocycles. The molecule has 0 bridgehead atoms. The molecule has 1 saturated heterocycles. The van der Waals surface area contributed by atoms with Crippen LogP contribution in [0.1, 0.15) is 18.2 Å². The summed E-state index contributed by atoms with van der Waals surface area (Å²) < 4.78 is 2.78. The number of amides is 1. The number of hydrogen-bond acceptors (Lipinski definition) is 5. The van der Waals surface area contributed by atoms with E-state index in [9.17, 15) is 9.59 Å². The van der Waals surface area contributed by atoms with Gasteiger partial charge in [-0.2, -0.15) is 5.10 Å². The molecule has 180 valence electrons. The van der Waals surface area contributed by atoms with Gasteiger partial charge in [0.1, 0.15) is 9.53 Å². The van der Waals surface area contributed by atoms with Crippen LogP contribution in [0.4, 0.5) is 0 Å². The van der Waals surface area contributed by atoms with Crippen LogP contribution in [0.2, 0.25) is 0 Å². The first-order valence-electron chi connectivity index (χ1n) is 11.6.